The van der Waals surface area contributed by atoms with Gasteiger partial charge in [0.15, 0.2) is 0 Å². The third-order valence-corrected chi connectivity index (χ3v) is 34.1. The van der Waals surface area contributed by atoms with E-state index in [4.69, 9.17) is 24.7 Å². The zero-order chi connectivity index (χ0) is 55.0. The Labute approximate surface area is 506 Å². The topological polar surface area (TPSA) is 69.6 Å². The molecular formula is C81H62N6O. The van der Waals surface area contributed by atoms with Crippen molar-refractivity contribution in [2.24, 2.45) is 69.0 Å². The van der Waals surface area contributed by atoms with E-state index < -0.39 is 5.41 Å². The van der Waals surface area contributed by atoms with Crippen LogP contribution in [0, 0.1) is 69.0 Å². The van der Waals surface area contributed by atoms with E-state index in [1.165, 1.54) is 224 Å². The molecule has 422 valence electrons. The number of hydrogen-bond donors (Lipinski definition) is 0. The van der Waals surface area contributed by atoms with E-state index >= 15 is 0 Å². The summed E-state index contributed by atoms with van der Waals surface area (Å²) in [5.41, 5.74) is 30.5. The fourth-order valence-corrected chi connectivity index (χ4v) is 31.6. The molecule has 0 radical (unpaired) electrons. The molecule has 20 atom stereocenters. The highest BCUT2D eigenvalue weighted by Gasteiger charge is 2.77. The highest BCUT2D eigenvalue weighted by Crippen LogP contribution is 2.87. The van der Waals surface area contributed by atoms with Crippen molar-refractivity contribution in [1.29, 1.82) is 0 Å². The maximum absolute atomic E-state index is 7.45. The van der Waals surface area contributed by atoms with Crippen molar-refractivity contribution >= 4 is 76.2 Å². The molecule has 30 rings (SSSR count). The molecule has 12 aromatic rings. The SMILES string of the molecule is c1ccc2c(c1)Oc1ccccc1C21c2c(cc3c4c5c(ncc4n4c6cnc7c(c6c2c34)C2CC3CC4CC7C34C2)C2CC3CC4CC5CC432)-c2cc3c4c5c(ncc4n4c6cnc7c(c6c(c21)c34)C1CC2CC3CC7CC321)C1CC2CC3CC5C23C1. The fraction of sp³-hybridized carbons (Fsp3) is 0.457. The van der Waals surface area contributed by atoms with Crippen LogP contribution in [-0.2, 0) is 5.41 Å². The summed E-state index contributed by atoms with van der Waals surface area (Å²) in [7, 11) is 0. The van der Waals surface area contributed by atoms with Gasteiger partial charge in [-0.3, -0.25) is 19.9 Å². The van der Waals surface area contributed by atoms with Crippen LogP contribution in [0.4, 0.5) is 0 Å². The van der Waals surface area contributed by atoms with E-state index in [0.29, 0.717) is 69.0 Å². The lowest BCUT2D eigenvalue weighted by Crippen LogP contribution is -2.59. The second kappa shape index (κ2) is 12.2. The normalized spacial score (nSPS) is 42.2. The van der Waals surface area contributed by atoms with Gasteiger partial charge in [0.25, 0.3) is 0 Å². The Balaban J connectivity index is 0.852. The second-order valence-corrected chi connectivity index (χ2v) is 34.6. The minimum atomic E-state index is -0.730. The number of benzene rings is 4. The standard InChI is InChI=1S/C81H62N6O/c1-3-7-57-47(5-1)81(48-6-2-4-8-58(48)88-57)69-43(21-45-61-53(28-84-73-51-19-41-13-35-9-31(59(61)73)23-79(35,41)51)86-55-30-85-74-52-20-42-14-36-10-32(24-80(36,42)52)60(74)65(55)67(69)75(45)86)44-22-46-62-54(27-82-71-33-11-37-15-39-17-49(63(62)71)77(37,39)25-33)87-56-29-83-72-34-12-38-16-40-18-50(78(38,40)26-34)64(72)66(56)68(70(44)81)76(46)87/h1-8,21-22,27-42,49-52H,9-20,23-26H2. The summed E-state index contributed by atoms with van der Waals surface area (Å²) in [6.07, 6.45) is 31.6. The second-order valence-electron chi connectivity index (χ2n) is 34.6. The molecule has 5 spiro atoms. The first kappa shape index (κ1) is 42.7. The van der Waals surface area contributed by atoms with Gasteiger partial charge >= 0.3 is 0 Å². The Morgan fingerprint density at radius 2 is 0.739 bits per heavy atom. The summed E-state index contributed by atoms with van der Waals surface area (Å²) < 4.78 is 13.1. The number of para-hydroxylation sites is 2. The van der Waals surface area contributed by atoms with Gasteiger partial charge in [-0.2, -0.15) is 0 Å². The molecule has 7 nitrogen and oxygen atoms in total. The molecule has 18 aliphatic rings. The van der Waals surface area contributed by atoms with E-state index in [-0.39, 0.29) is 0 Å². The first-order valence-corrected chi connectivity index (χ1v) is 35.5. The Hall–Kier alpha value is -7.12. The third-order valence-electron chi connectivity index (χ3n) is 34.1. The number of hydrogen-bond acceptors (Lipinski definition) is 5. The number of pyridine rings is 4. The van der Waals surface area contributed by atoms with Crippen LogP contribution >= 0.6 is 0 Å². The molecular weight excluding hydrogens is 1070 g/mol. The van der Waals surface area contributed by atoms with Crippen molar-refractivity contribution in [3.63, 3.8) is 0 Å². The minimum absolute atomic E-state index is 0.453. The molecule has 12 saturated carbocycles. The summed E-state index contributed by atoms with van der Waals surface area (Å²) in [4.78, 5) is 23.4. The summed E-state index contributed by atoms with van der Waals surface area (Å²) in [5.74, 6) is 13.6. The molecule has 4 aromatic carbocycles. The molecule has 7 heteroatoms. The first-order valence-electron chi connectivity index (χ1n) is 35.5. The predicted octanol–water partition coefficient (Wildman–Crippen LogP) is 18.0. The van der Waals surface area contributed by atoms with E-state index in [1.807, 2.05) is 0 Å². The van der Waals surface area contributed by atoms with Crippen molar-refractivity contribution in [1.82, 2.24) is 28.7 Å². The van der Waals surface area contributed by atoms with Crippen LogP contribution in [0.2, 0.25) is 0 Å². The summed E-state index contributed by atoms with van der Waals surface area (Å²) in [5, 5.41) is 12.2. The zero-order valence-corrected chi connectivity index (χ0v) is 49.2. The summed E-state index contributed by atoms with van der Waals surface area (Å²) >= 11 is 0. The highest BCUT2D eigenvalue weighted by atomic mass is 16.5. The third kappa shape index (κ3) is 3.55. The largest absolute Gasteiger partial charge is 0.457 e. The summed E-state index contributed by atoms with van der Waals surface area (Å²) in [6.45, 7) is 0. The van der Waals surface area contributed by atoms with E-state index in [9.17, 15) is 0 Å². The average molecular weight is 1140 g/mol. The molecule has 17 aliphatic carbocycles. The van der Waals surface area contributed by atoms with Gasteiger partial charge in [-0.25, -0.2) is 0 Å². The van der Waals surface area contributed by atoms with E-state index in [2.05, 4.69) is 94.3 Å². The average Bonchev–Trinajstić information content (AvgIpc) is 1.45. The molecule has 0 N–H and O–H groups in total. The Morgan fingerprint density at radius 3 is 1.24 bits per heavy atom. The highest BCUT2D eigenvalue weighted by molar-refractivity contribution is 6.33. The van der Waals surface area contributed by atoms with Gasteiger partial charge in [-0.1, -0.05) is 36.4 Å². The van der Waals surface area contributed by atoms with Crippen LogP contribution in [0.25, 0.3) is 87.3 Å². The van der Waals surface area contributed by atoms with Gasteiger partial charge in [0, 0.05) is 101 Å². The molecule has 0 amide bonds. The van der Waals surface area contributed by atoms with Crippen LogP contribution in [0.15, 0.2) is 85.5 Å². The van der Waals surface area contributed by atoms with Crippen LogP contribution in [-0.4, -0.2) is 28.7 Å². The molecule has 0 saturated heterocycles. The Bertz CT molecular complexity index is 5680. The van der Waals surface area contributed by atoms with E-state index in [0.717, 1.165) is 58.8 Å². The quantitative estimate of drug-likeness (QED) is 0.151. The van der Waals surface area contributed by atoms with Crippen LogP contribution in [0.5, 0.6) is 11.5 Å². The summed E-state index contributed by atoms with van der Waals surface area (Å²) in [6, 6.07) is 24.6. The van der Waals surface area contributed by atoms with Gasteiger partial charge < -0.3 is 13.5 Å². The maximum Gasteiger partial charge on any atom is 0.132 e. The fourth-order valence-electron chi connectivity index (χ4n) is 31.6. The van der Waals surface area contributed by atoms with Gasteiger partial charge in [0.2, 0.25) is 0 Å². The molecule has 8 aromatic heterocycles. The smallest absolute Gasteiger partial charge is 0.132 e. The van der Waals surface area contributed by atoms with Gasteiger partial charge in [-0.05, 0) is 264 Å². The lowest BCUT2D eigenvalue weighted by molar-refractivity contribution is -0.147. The van der Waals surface area contributed by atoms with Gasteiger partial charge in [-0.15, -0.1) is 0 Å². The van der Waals surface area contributed by atoms with Gasteiger partial charge in [0.1, 0.15) is 11.5 Å². The number of nitrogens with zero attached hydrogens (tertiary/aromatic N) is 6. The van der Waals surface area contributed by atoms with Crippen LogP contribution < -0.4 is 4.74 Å². The Morgan fingerprint density at radius 1 is 0.364 bits per heavy atom. The molecule has 12 fully saturated rings. The lowest BCUT2D eigenvalue weighted by Gasteiger charge is -2.68. The first-order chi connectivity index (χ1) is 43.5. The van der Waals surface area contributed by atoms with Crippen molar-refractivity contribution in [2.75, 3.05) is 0 Å². The number of rotatable bonds is 0. The number of ether oxygens (including phenoxy) is 1. The van der Waals surface area contributed by atoms with Crippen molar-refractivity contribution in [3.8, 4) is 22.6 Å². The molecule has 20 unspecified atom stereocenters. The van der Waals surface area contributed by atoms with E-state index in [1.54, 1.807) is 33.0 Å². The molecule has 1 aliphatic heterocycles. The minimum Gasteiger partial charge on any atom is -0.457 e. The monoisotopic (exact) mass is 1130 g/mol. The number of aromatic nitrogens is 6. The van der Waals surface area contributed by atoms with Crippen molar-refractivity contribution in [3.05, 3.63) is 153 Å². The predicted molar refractivity (Wildman–Crippen MR) is 338 cm³/mol. The molecule has 9 heterocycles. The molecule has 88 heavy (non-hydrogen) atoms. The lowest BCUT2D eigenvalue weighted by atomic mass is 9.36. The molecule has 8 bridgehead atoms. The van der Waals surface area contributed by atoms with Crippen LogP contribution in [0.3, 0.4) is 0 Å². The van der Waals surface area contributed by atoms with Crippen LogP contribution in [0.1, 0.15) is 217 Å². The Kier molecular flexibility index (Phi) is 5.92. The zero-order valence-electron chi connectivity index (χ0n) is 49.2. The maximum atomic E-state index is 7.45. The van der Waals surface area contributed by atoms with Crippen molar-refractivity contribution < 1.29 is 4.74 Å². The van der Waals surface area contributed by atoms with Crippen molar-refractivity contribution in [2.45, 2.75) is 155 Å². The van der Waals surface area contributed by atoms with Gasteiger partial charge in [0.05, 0.1) is 63.3 Å². The number of fused-ring (bicyclic) bond motifs is 43.